The molecule has 0 unspecified atom stereocenters. The number of amides is 1. The van der Waals surface area contributed by atoms with Gasteiger partial charge in [-0.05, 0) is 42.5 Å². The molecule has 0 aliphatic heterocycles. The fraction of sp³-hybridized carbons (Fsp3) is 0.133. The second kappa shape index (κ2) is 6.62. The molecule has 110 valence electrons. The van der Waals surface area contributed by atoms with Crippen LogP contribution in [0.25, 0.3) is 0 Å². The molecule has 6 heteroatoms. The highest BCUT2D eigenvalue weighted by Gasteiger charge is 2.12. The van der Waals surface area contributed by atoms with Crippen molar-refractivity contribution in [2.75, 3.05) is 18.5 Å². The van der Waals surface area contributed by atoms with E-state index >= 15 is 0 Å². The van der Waals surface area contributed by atoms with Crippen LogP contribution in [0.15, 0.2) is 42.5 Å². The van der Waals surface area contributed by atoms with Crippen molar-refractivity contribution in [3.8, 4) is 17.2 Å². The molecular formula is C15H16N2O4. The van der Waals surface area contributed by atoms with Gasteiger partial charge in [-0.2, -0.15) is 0 Å². The third-order valence-electron chi connectivity index (χ3n) is 2.72. The Balaban J connectivity index is 2.07. The number of hydrogen-bond acceptors (Lipinski definition) is 5. The van der Waals surface area contributed by atoms with E-state index in [1.54, 1.807) is 24.3 Å². The molecule has 0 saturated heterocycles. The minimum Gasteiger partial charge on any atom is -0.508 e. The highest BCUT2D eigenvalue weighted by Crippen LogP contribution is 2.23. The van der Waals surface area contributed by atoms with Crippen LogP contribution in [0.1, 0.15) is 10.4 Å². The molecule has 0 spiro atoms. The number of anilines is 1. The SMILES string of the molecule is NCCOc1ccc(NC(=O)c2cc(O)ccc2O)cc1. The highest BCUT2D eigenvalue weighted by molar-refractivity contribution is 6.06. The Morgan fingerprint density at radius 1 is 1.14 bits per heavy atom. The lowest BCUT2D eigenvalue weighted by Crippen LogP contribution is -2.12. The minimum absolute atomic E-state index is 0.00143. The van der Waals surface area contributed by atoms with Gasteiger partial charge >= 0.3 is 0 Å². The number of phenolic OH excluding ortho intramolecular Hbond substituents is 2. The smallest absolute Gasteiger partial charge is 0.259 e. The Kier molecular flexibility index (Phi) is 4.63. The maximum atomic E-state index is 12.0. The predicted octanol–water partition coefficient (Wildman–Crippen LogP) is 1.69. The molecule has 0 saturated carbocycles. The number of phenols is 2. The average molecular weight is 288 g/mol. The number of rotatable bonds is 5. The largest absolute Gasteiger partial charge is 0.508 e. The number of carbonyl (C=O) groups is 1. The van der Waals surface area contributed by atoms with E-state index in [0.29, 0.717) is 24.6 Å². The molecule has 5 N–H and O–H groups in total. The second-order valence-corrected chi connectivity index (χ2v) is 4.32. The molecule has 21 heavy (non-hydrogen) atoms. The van der Waals surface area contributed by atoms with Crippen molar-refractivity contribution in [2.24, 2.45) is 5.73 Å². The van der Waals surface area contributed by atoms with Crippen LogP contribution < -0.4 is 15.8 Å². The summed E-state index contributed by atoms with van der Waals surface area (Å²) in [5.41, 5.74) is 5.88. The van der Waals surface area contributed by atoms with Crippen LogP contribution in [0.2, 0.25) is 0 Å². The van der Waals surface area contributed by atoms with E-state index in [1.807, 2.05) is 0 Å². The van der Waals surface area contributed by atoms with Crippen LogP contribution in [-0.2, 0) is 0 Å². The molecular weight excluding hydrogens is 272 g/mol. The summed E-state index contributed by atoms with van der Waals surface area (Å²) < 4.78 is 5.32. The normalized spacial score (nSPS) is 10.1. The summed E-state index contributed by atoms with van der Waals surface area (Å²) in [5, 5.41) is 21.6. The van der Waals surface area contributed by atoms with Crippen LogP contribution in [0, 0.1) is 0 Å². The van der Waals surface area contributed by atoms with E-state index in [0.717, 1.165) is 0 Å². The van der Waals surface area contributed by atoms with Gasteiger partial charge in [-0.25, -0.2) is 0 Å². The Morgan fingerprint density at radius 3 is 2.52 bits per heavy atom. The molecule has 6 nitrogen and oxygen atoms in total. The third-order valence-corrected chi connectivity index (χ3v) is 2.72. The van der Waals surface area contributed by atoms with Gasteiger partial charge in [0, 0.05) is 12.2 Å². The Labute approximate surface area is 121 Å². The molecule has 2 rings (SSSR count). The zero-order chi connectivity index (χ0) is 15.2. The van der Waals surface area contributed by atoms with Gasteiger partial charge in [-0.3, -0.25) is 4.79 Å². The first-order chi connectivity index (χ1) is 10.1. The van der Waals surface area contributed by atoms with E-state index in [2.05, 4.69) is 5.32 Å². The Hall–Kier alpha value is -2.73. The summed E-state index contributed by atoms with van der Waals surface area (Å²) in [6, 6.07) is 10.5. The fourth-order valence-corrected chi connectivity index (χ4v) is 1.72. The standard InChI is InChI=1S/C15H16N2O4/c16-7-8-21-12-4-1-10(2-5-12)17-15(20)13-9-11(18)3-6-14(13)19/h1-6,9,18-19H,7-8,16H2,(H,17,20). The molecule has 0 aliphatic carbocycles. The Bertz CT molecular complexity index is 626. The molecule has 0 aliphatic rings. The van der Waals surface area contributed by atoms with Gasteiger partial charge in [0.05, 0.1) is 5.56 Å². The lowest BCUT2D eigenvalue weighted by Gasteiger charge is -2.09. The van der Waals surface area contributed by atoms with E-state index < -0.39 is 5.91 Å². The molecule has 0 fully saturated rings. The number of carbonyl (C=O) groups excluding carboxylic acids is 1. The van der Waals surface area contributed by atoms with Crippen LogP contribution in [-0.4, -0.2) is 29.3 Å². The summed E-state index contributed by atoms with van der Waals surface area (Å²) in [6.07, 6.45) is 0. The minimum atomic E-state index is -0.515. The molecule has 0 atom stereocenters. The van der Waals surface area contributed by atoms with Crippen molar-refractivity contribution in [3.05, 3.63) is 48.0 Å². The number of hydrogen-bond donors (Lipinski definition) is 4. The van der Waals surface area contributed by atoms with Crippen LogP contribution in [0.4, 0.5) is 5.69 Å². The molecule has 0 radical (unpaired) electrons. The zero-order valence-corrected chi connectivity index (χ0v) is 11.2. The summed E-state index contributed by atoms with van der Waals surface area (Å²) in [6.45, 7) is 0.845. The Morgan fingerprint density at radius 2 is 1.86 bits per heavy atom. The summed E-state index contributed by atoms with van der Waals surface area (Å²) in [5.74, 6) is -0.158. The zero-order valence-electron chi connectivity index (χ0n) is 11.2. The molecule has 2 aromatic rings. The second-order valence-electron chi connectivity index (χ2n) is 4.32. The van der Waals surface area contributed by atoms with Gasteiger partial charge in [0.25, 0.3) is 5.91 Å². The lowest BCUT2D eigenvalue weighted by molar-refractivity contribution is 0.102. The summed E-state index contributed by atoms with van der Waals surface area (Å²) in [4.78, 5) is 12.0. The van der Waals surface area contributed by atoms with Crippen molar-refractivity contribution in [1.29, 1.82) is 0 Å². The topological polar surface area (TPSA) is 105 Å². The first kappa shape index (κ1) is 14.7. The molecule has 0 aromatic heterocycles. The first-order valence-electron chi connectivity index (χ1n) is 6.36. The van der Waals surface area contributed by atoms with Gasteiger partial charge in [0.2, 0.25) is 0 Å². The maximum Gasteiger partial charge on any atom is 0.259 e. The average Bonchev–Trinajstić information content (AvgIpc) is 2.49. The lowest BCUT2D eigenvalue weighted by atomic mass is 10.1. The molecule has 0 bridgehead atoms. The monoisotopic (exact) mass is 288 g/mol. The van der Waals surface area contributed by atoms with Gasteiger partial charge in [0.15, 0.2) is 0 Å². The number of benzene rings is 2. The fourth-order valence-electron chi connectivity index (χ4n) is 1.72. The molecule has 0 heterocycles. The van der Waals surface area contributed by atoms with Crippen molar-refractivity contribution in [2.45, 2.75) is 0 Å². The van der Waals surface area contributed by atoms with Gasteiger partial charge < -0.3 is 26.0 Å². The third kappa shape index (κ3) is 3.87. The van der Waals surface area contributed by atoms with E-state index in [9.17, 15) is 15.0 Å². The molecule has 1 amide bonds. The highest BCUT2D eigenvalue weighted by atomic mass is 16.5. The number of ether oxygens (including phenoxy) is 1. The van der Waals surface area contributed by atoms with Gasteiger partial charge in [-0.1, -0.05) is 0 Å². The number of nitrogens with two attached hydrogens (primary N) is 1. The van der Waals surface area contributed by atoms with Crippen molar-refractivity contribution in [3.63, 3.8) is 0 Å². The van der Waals surface area contributed by atoms with E-state index in [1.165, 1.54) is 18.2 Å². The van der Waals surface area contributed by atoms with Crippen LogP contribution in [0.5, 0.6) is 17.2 Å². The number of aromatic hydroxyl groups is 2. The van der Waals surface area contributed by atoms with E-state index in [4.69, 9.17) is 10.5 Å². The summed E-state index contributed by atoms with van der Waals surface area (Å²) >= 11 is 0. The molecule has 2 aromatic carbocycles. The predicted molar refractivity (Wildman–Crippen MR) is 78.7 cm³/mol. The van der Waals surface area contributed by atoms with Crippen LogP contribution >= 0.6 is 0 Å². The van der Waals surface area contributed by atoms with E-state index in [-0.39, 0.29) is 17.1 Å². The van der Waals surface area contributed by atoms with Crippen molar-refractivity contribution in [1.82, 2.24) is 0 Å². The van der Waals surface area contributed by atoms with Gasteiger partial charge in [0.1, 0.15) is 23.9 Å². The first-order valence-corrected chi connectivity index (χ1v) is 6.36. The van der Waals surface area contributed by atoms with Crippen molar-refractivity contribution < 1.29 is 19.7 Å². The van der Waals surface area contributed by atoms with Crippen molar-refractivity contribution >= 4 is 11.6 Å². The van der Waals surface area contributed by atoms with Crippen LogP contribution in [0.3, 0.4) is 0 Å². The maximum absolute atomic E-state index is 12.0. The number of nitrogens with one attached hydrogen (secondary N) is 1. The summed E-state index contributed by atoms with van der Waals surface area (Å²) in [7, 11) is 0. The quantitative estimate of drug-likeness (QED) is 0.627. The van der Waals surface area contributed by atoms with Gasteiger partial charge in [-0.15, -0.1) is 0 Å².